The van der Waals surface area contributed by atoms with Gasteiger partial charge in [0.05, 0.1) is 11.8 Å². The predicted molar refractivity (Wildman–Crippen MR) is 46.0 cm³/mol. The van der Waals surface area contributed by atoms with E-state index in [1.165, 1.54) is 0 Å². The van der Waals surface area contributed by atoms with E-state index in [1.807, 2.05) is 19.1 Å². The highest BCUT2D eigenvalue weighted by molar-refractivity contribution is 6.05. The van der Waals surface area contributed by atoms with Gasteiger partial charge in [-0.15, -0.1) is 0 Å². The molecule has 1 saturated heterocycles. The van der Waals surface area contributed by atoms with Gasteiger partial charge in [0.2, 0.25) is 0 Å². The second-order valence-electron chi connectivity index (χ2n) is 4.72. The van der Waals surface area contributed by atoms with E-state index in [0.29, 0.717) is 5.06 Å². The predicted octanol–water partition coefficient (Wildman–Crippen LogP) is 0.573. The summed E-state index contributed by atoms with van der Waals surface area (Å²) < 4.78 is 0. The molecule has 4 nitrogen and oxygen atoms in total. The molecule has 2 aliphatic carbocycles. The number of hydrogen-bond donors (Lipinski definition) is 1. The standard InChI is InChI=1S/C10H11NO3/c1-10-3-2-5(4-10)6-7(10)9(13)11(14)8(6)12/h2-3,5-7,14H,4H2,1H3. The maximum atomic E-state index is 11.6. The molecule has 14 heavy (non-hydrogen) atoms. The highest BCUT2D eigenvalue weighted by Crippen LogP contribution is 2.59. The Bertz CT molecular complexity index is 376. The van der Waals surface area contributed by atoms with Crippen LogP contribution in [0.1, 0.15) is 13.3 Å². The highest BCUT2D eigenvalue weighted by Gasteiger charge is 2.64. The molecule has 1 saturated carbocycles. The number of fused-ring (bicyclic) bond motifs is 5. The summed E-state index contributed by atoms with van der Waals surface area (Å²) in [5.41, 5.74) is -0.209. The van der Waals surface area contributed by atoms with Crippen molar-refractivity contribution in [1.29, 1.82) is 0 Å². The Morgan fingerprint density at radius 3 is 2.86 bits per heavy atom. The fraction of sp³-hybridized carbons (Fsp3) is 0.600. The number of allylic oxidation sites excluding steroid dienone is 2. The number of hydrogen-bond acceptors (Lipinski definition) is 3. The van der Waals surface area contributed by atoms with Crippen molar-refractivity contribution in [2.75, 3.05) is 0 Å². The molecule has 0 aromatic heterocycles. The molecule has 4 unspecified atom stereocenters. The van der Waals surface area contributed by atoms with Gasteiger partial charge in [-0.1, -0.05) is 19.1 Å². The minimum absolute atomic E-state index is 0.151. The zero-order chi connectivity index (χ0) is 10.1. The molecule has 1 aliphatic heterocycles. The van der Waals surface area contributed by atoms with Crippen LogP contribution in [0.25, 0.3) is 0 Å². The summed E-state index contributed by atoms with van der Waals surface area (Å²) >= 11 is 0. The van der Waals surface area contributed by atoms with Crippen LogP contribution in [0.3, 0.4) is 0 Å². The maximum absolute atomic E-state index is 11.6. The lowest BCUT2D eigenvalue weighted by Crippen LogP contribution is -2.32. The first-order chi connectivity index (χ1) is 6.54. The quantitative estimate of drug-likeness (QED) is 0.347. The SMILES string of the molecule is CC12C=CC(C1)C1C(=O)N(O)C(=O)C12. The Morgan fingerprint density at radius 2 is 2.21 bits per heavy atom. The van der Waals surface area contributed by atoms with Gasteiger partial charge in [-0.25, -0.2) is 0 Å². The van der Waals surface area contributed by atoms with Crippen molar-refractivity contribution in [1.82, 2.24) is 5.06 Å². The number of imide groups is 1. The minimum atomic E-state index is -0.422. The normalized spacial score (nSPS) is 49.3. The molecule has 1 heterocycles. The van der Waals surface area contributed by atoms with Crippen molar-refractivity contribution in [2.24, 2.45) is 23.2 Å². The third-order valence-corrected chi connectivity index (χ3v) is 3.90. The monoisotopic (exact) mass is 193 g/mol. The van der Waals surface area contributed by atoms with Crippen LogP contribution >= 0.6 is 0 Å². The molecule has 2 fully saturated rings. The van der Waals surface area contributed by atoms with E-state index in [0.717, 1.165) is 6.42 Å². The summed E-state index contributed by atoms with van der Waals surface area (Å²) in [6.45, 7) is 1.98. The Kier molecular flexibility index (Phi) is 1.22. The molecule has 2 bridgehead atoms. The number of carbonyl (C=O) groups is 2. The van der Waals surface area contributed by atoms with Crippen LogP contribution < -0.4 is 0 Å². The molecule has 4 heteroatoms. The van der Waals surface area contributed by atoms with Gasteiger partial charge < -0.3 is 0 Å². The van der Waals surface area contributed by atoms with Gasteiger partial charge in [0.1, 0.15) is 0 Å². The number of carbonyl (C=O) groups excluding carboxylic acids is 2. The number of amides is 2. The van der Waals surface area contributed by atoms with Gasteiger partial charge in [0, 0.05) is 0 Å². The summed E-state index contributed by atoms with van der Waals surface area (Å²) in [7, 11) is 0. The van der Waals surface area contributed by atoms with Crippen molar-refractivity contribution < 1.29 is 14.8 Å². The molecular formula is C10H11NO3. The van der Waals surface area contributed by atoms with Crippen LogP contribution in [-0.4, -0.2) is 22.1 Å². The summed E-state index contributed by atoms with van der Waals surface area (Å²) in [6.07, 6.45) is 4.89. The summed E-state index contributed by atoms with van der Waals surface area (Å²) in [5.74, 6) is -1.32. The summed E-state index contributed by atoms with van der Waals surface area (Å²) in [5, 5.41) is 9.57. The van der Waals surface area contributed by atoms with Gasteiger partial charge in [0.25, 0.3) is 11.8 Å². The van der Waals surface area contributed by atoms with Crippen molar-refractivity contribution in [3.8, 4) is 0 Å². The van der Waals surface area contributed by atoms with Crippen LogP contribution in [0.5, 0.6) is 0 Å². The molecule has 0 aromatic carbocycles. The van der Waals surface area contributed by atoms with Gasteiger partial charge in [-0.05, 0) is 17.8 Å². The third-order valence-electron chi connectivity index (χ3n) is 3.90. The largest absolute Gasteiger partial charge is 0.278 e. The molecule has 2 amide bonds. The number of hydroxylamine groups is 2. The van der Waals surface area contributed by atoms with Crippen molar-refractivity contribution in [3.05, 3.63) is 12.2 Å². The van der Waals surface area contributed by atoms with E-state index in [4.69, 9.17) is 0 Å². The molecule has 4 atom stereocenters. The fourth-order valence-corrected chi connectivity index (χ4v) is 3.27. The van der Waals surface area contributed by atoms with Gasteiger partial charge in [-0.2, -0.15) is 5.06 Å². The Balaban J connectivity index is 2.13. The smallest absolute Gasteiger partial charge is 0.258 e. The summed E-state index contributed by atoms with van der Waals surface area (Å²) in [6, 6.07) is 0. The average Bonchev–Trinajstić information content (AvgIpc) is 2.72. The van der Waals surface area contributed by atoms with Crippen LogP contribution in [0.4, 0.5) is 0 Å². The van der Waals surface area contributed by atoms with E-state index in [2.05, 4.69) is 0 Å². The third kappa shape index (κ3) is 0.661. The Hall–Kier alpha value is -1.16. The van der Waals surface area contributed by atoms with Crippen LogP contribution in [0.15, 0.2) is 12.2 Å². The molecular weight excluding hydrogens is 182 g/mol. The van der Waals surface area contributed by atoms with Gasteiger partial charge >= 0.3 is 0 Å². The second kappa shape index (κ2) is 2.08. The van der Waals surface area contributed by atoms with E-state index in [1.54, 1.807) is 0 Å². The first-order valence-electron chi connectivity index (χ1n) is 4.81. The van der Waals surface area contributed by atoms with Gasteiger partial charge in [-0.3, -0.25) is 14.8 Å². The molecule has 3 rings (SSSR count). The lowest BCUT2D eigenvalue weighted by Gasteiger charge is -2.24. The second-order valence-corrected chi connectivity index (χ2v) is 4.72. The molecule has 0 spiro atoms. The van der Waals surface area contributed by atoms with Gasteiger partial charge in [0.15, 0.2) is 0 Å². The summed E-state index contributed by atoms with van der Waals surface area (Å²) in [4.78, 5) is 23.2. The fourth-order valence-electron chi connectivity index (χ4n) is 3.27. The number of rotatable bonds is 0. The lowest BCUT2D eigenvalue weighted by atomic mass is 9.76. The van der Waals surface area contributed by atoms with E-state index < -0.39 is 11.8 Å². The molecule has 1 N–H and O–H groups in total. The molecule has 3 aliphatic rings. The van der Waals surface area contributed by atoms with Crippen LogP contribution in [-0.2, 0) is 9.59 Å². The van der Waals surface area contributed by atoms with E-state index in [-0.39, 0.29) is 23.2 Å². The molecule has 74 valence electrons. The minimum Gasteiger partial charge on any atom is -0.278 e. The van der Waals surface area contributed by atoms with E-state index in [9.17, 15) is 14.8 Å². The van der Waals surface area contributed by atoms with E-state index >= 15 is 0 Å². The first kappa shape index (κ1) is 8.17. The van der Waals surface area contributed by atoms with Crippen molar-refractivity contribution in [2.45, 2.75) is 13.3 Å². The molecule has 0 aromatic rings. The first-order valence-corrected chi connectivity index (χ1v) is 4.81. The maximum Gasteiger partial charge on any atom is 0.258 e. The lowest BCUT2D eigenvalue weighted by molar-refractivity contribution is -0.174. The zero-order valence-electron chi connectivity index (χ0n) is 7.80. The Labute approximate surface area is 81.1 Å². The highest BCUT2D eigenvalue weighted by atomic mass is 16.5. The zero-order valence-corrected chi connectivity index (χ0v) is 7.80. The Morgan fingerprint density at radius 1 is 1.50 bits per heavy atom. The number of nitrogens with zero attached hydrogens (tertiary/aromatic N) is 1. The topological polar surface area (TPSA) is 57.6 Å². The van der Waals surface area contributed by atoms with Crippen LogP contribution in [0.2, 0.25) is 0 Å². The average molecular weight is 193 g/mol. The van der Waals surface area contributed by atoms with Crippen molar-refractivity contribution >= 4 is 11.8 Å². The van der Waals surface area contributed by atoms with Crippen LogP contribution in [0, 0.1) is 23.2 Å². The van der Waals surface area contributed by atoms with Crippen molar-refractivity contribution in [3.63, 3.8) is 0 Å². The molecule has 0 radical (unpaired) electrons.